The molecule has 0 saturated heterocycles. The van der Waals surface area contributed by atoms with E-state index < -0.39 is 17.3 Å². The topological polar surface area (TPSA) is 29.9 Å². The predicted molar refractivity (Wildman–Crippen MR) is 75.7 cm³/mol. The van der Waals surface area contributed by atoms with Gasteiger partial charge in [0.15, 0.2) is 0 Å². The summed E-state index contributed by atoms with van der Waals surface area (Å²) in [5.74, 6) is 0. The SMILES string of the molecule is CNC(C)(C)c1cncn1-c1ccc(C(F)(F)F)cc1Cl. The van der Waals surface area contributed by atoms with Crippen molar-refractivity contribution in [2.75, 3.05) is 7.05 Å². The normalized spacial score (nSPS) is 12.7. The van der Waals surface area contributed by atoms with Crippen LogP contribution in [0, 0.1) is 0 Å². The number of rotatable bonds is 3. The van der Waals surface area contributed by atoms with E-state index in [1.54, 1.807) is 17.8 Å². The van der Waals surface area contributed by atoms with Crippen molar-refractivity contribution in [2.45, 2.75) is 25.6 Å². The molecule has 1 N–H and O–H groups in total. The Bertz CT molecular complexity index is 647. The summed E-state index contributed by atoms with van der Waals surface area (Å²) in [7, 11) is 1.80. The van der Waals surface area contributed by atoms with Crippen molar-refractivity contribution in [3.63, 3.8) is 0 Å². The highest BCUT2D eigenvalue weighted by atomic mass is 35.5. The molecule has 0 aliphatic heterocycles. The third-order valence-electron chi connectivity index (χ3n) is 3.44. The zero-order valence-corrected chi connectivity index (χ0v) is 12.5. The Labute approximate surface area is 125 Å². The van der Waals surface area contributed by atoms with Crippen molar-refractivity contribution in [2.24, 2.45) is 0 Å². The molecular formula is C14H15ClF3N3. The summed E-state index contributed by atoms with van der Waals surface area (Å²) >= 11 is 6.02. The standard InChI is InChI=1S/C14H15ClF3N3/c1-13(2,19-3)12-7-20-8-21(12)11-5-4-9(6-10(11)15)14(16,17)18/h4-8,19H,1-3H3. The molecule has 114 valence electrons. The summed E-state index contributed by atoms with van der Waals surface area (Å²) in [4.78, 5) is 4.07. The third kappa shape index (κ3) is 3.06. The van der Waals surface area contributed by atoms with Crippen LogP contribution in [-0.2, 0) is 11.7 Å². The molecule has 0 aliphatic carbocycles. The first-order valence-corrected chi connectivity index (χ1v) is 6.63. The monoisotopic (exact) mass is 317 g/mol. The van der Waals surface area contributed by atoms with E-state index in [2.05, 4.69) is 10.3 Å². The maximum atomic E-state index is 12.7. The van der Waals surface area contributed by atoms with Crippen LogP contribution in [0.1, 0.15) is 25.1 Å². The van der Waals surface area contributed by atoms with Gasteiger partial charge in [-0.1, -0.05) is 11.6 Å². The molecule has 0 spiro atoms. The van der Waals surface area contributed by atoms with Crippen molar-refractivity contribution in [3.8, 4) is 5.69 Å². The van der Waals surface area contributed by atoms with E-state index in [1.807, 2.05) is 13.8 Å². The lowest BCUT2D eigenvalue weighted by molar-refractivity contribution is -0.137. The molecule has 0 bridgehead atoms. The first kappa shape index (κ1) is 15.9. The number of hydrogen-bond donors (Lipinski definition) is 1. The molecule has 1 aromatic heterocycles. The van der Waals surface area contributed by atoms with Gasteiger partial charge in [-0.3, -0.25) is 4.57 Å². The van der Waals surface area contributed by atoms with E-state index in [1.165, 1.54) is 12.4 Å². The van der Waals surface area contributed by atoms with Crippen molar-refractivity contribution in [1.82, 2.24) is 14.9 Å². The Morgan fingerprint density at radius 3 is 2.43 bits per heavy atom. The molecule has 2 rings (SSSR count). The predicted octanol–water partition coefficient (Wildman–Crippen LogP) is 4.00. The lowest BCUT2D eigenvalue weighted by atomic mass is 10.0. The molecule has 21 heavy (non-hydrogen) atoms. The maximum absolute atomic E-state index is 12.7. The number of nitrogens with zero attached hydrogens (tertiary/aromatic N) is 2. The number of benzene rings is 1. The van der Waals surface area contributed by atoms with Crippen molar-refractivity contribution >= 4 is 11.6 Å². The van der Waals surface area contributed by atoms with Gasteiger partial charge in [0.2, 0.25) is 0 Å². The minimum absolute atomic E-state index is 0.0241. The van der Waals surface area contributed by atoms with Gasteiger partial charge >= 0.3 is 6.18 Å². The first-order valence-electron chi connectivity index (χ1n) is 6.25. The van der Waals surface area contributed by atoms with E-state index in [4.69, 9.17) is 11.6 Å². The van der Waals surface area contributed by atoms with Crippen molar-refractivity contribution < 1.29 is 13.2 Å². The molecule has 7 heteroatoms. The Hall–Kier alpha value is -1.53. The number of alkyl halides is 3. The van der Waals surface area contributed by atoms with Gasteiger partial charge in [-0.05, 0) is 39.1 Å². The van der Waals surface area contributed by atoms with Gasteiger partial charge in [-0.2, -0.15) is 13.2 Å². The molecule has 0 radical (unpaired) electrons. The molecule has 0 unspecified atom stereocenters. The van der Waals surface area contributed by atoms with Crippen LogP contribution in [0.2, 0.25) is 5.02 Å². The van der Waals surface area contributed by atoms with Crippen LogP contribution in [0.25, 0.3) is 5.69 Å². The van der Waals surface area contributed by atoms with Gasteiger partial charge in [0, 0.05) is 0 Å². The summed E-state index contributed by atoms with van der Waals surface area (Å²) in [6, 6.07) is 3.28. The second kappa shape index (κ2) is 5.35. The number of imidazole rings is 1. The fourth-order valence-electron chi connectivity index (χ4n) is 1.96. The zero-order chi connectivity index (χ0) is 15.8. The number of nitrogens with one attached hydrogen (secondary N) is 1. The quantitative estimate of drug-likeness (QED) is 0.927. The molecule has 3 nitrogen and oxygen atoms in total. The minimum atomic E-state index is -4.41. The Balaban J connectivity index is 2.52. The van der Waals surface area contributed by atoms with Gasteiger partial charge in [-0.15, -0.1) is 0 Å². The number of halogens is 4. The fraction of sp³-hybridized carbons (Fsp3) is 0.357. The Morgan fingerprint density at radius 2 is 1.90 bits per heavy atom. The summed E-state index contributed by atoms with van der Waals surface area (Å²) in [6.45, 7) is 3.89. The lowest BCUT2D eigenvalue weighted by Gasteiger charge is -2.25. The Morgan fingerprint density at radius 1 is 1.24 bits per heavy atom. The molecule has 1 heterocycles. The molecule has 2 aromatic rings. The minimum Gasteiger partial charge on any atom is -0.310 e. The van der Waals surface area contributed by atoms with Crippen LogP contribution in [0.3, 0.4) is 0 Å². The highest BCUT2D eigenvalue weighted by Crippen LogP contribution is 2.34. The van der Waals surface area contributed by atoms with E-state index in [0.717, 1.165) is 17.8 Å². The van der Waals surface area contributed by atoms with Gasteiger partial charge in [0.25, 0.3) is 0 Å². The largest absolute Gasteiger partial charge is 0.416 e. The van der Waals surface area contributed by atoms with Crippen LogP contribution < -0.4 is 5.32 Å². The van der Waals surface area contributed by atoms with Gasteiger partial charge in [0.1, 0.15) is 0 Å². The lowest BCUT2D eigenvalue weighted by Crippen LogP contribution is -2.35. The first-order chi connectivity index (χ1) is 9.66. The van der Waals surface area contributed by atoms with E-state index in [9.17, 15) is 13.2 Å². The summed E-state index contributed by atoms with van der Waals surface area (Å²) in [6.07, 6.45) is -1.22. The number of hydrogen-bond acceptors (Lipinski definition) is 2. The summed E-state index contributed by atoms with van der Waals surface area (Å²) < 4.78 is 39.7. The smallest absolute Gasteiger partial charge is 0.310 e. The second-order valence-electron chi connectivity index (χ2n) is 5.19. The molecule has 1 aromatic carbocycles. The van der Waals surface area contributed by atoms with Crippen LogP contribution in [0.4, 0.5) is 13.2 Å². The molecule has 0 aliphatic rings. The second-order valence-corrected chi connectivity index (χ2v) is 5.60. The average Bonchev–Trinajstić information content (AvgIpc) is 2.87. The molecular weight excluding hydrogens is 303 g/mol. The van der Waals surface area contributed by atoms with Crippen LogP contribution in [-0.4, -0.2) is 16.6 Å². The van der Waals surface area contributed by atoms with E-state index in [-0.39, 0.29) is 5.02 Å². The molecule has 0 amide bonds. The fourth-order valence-corrected chi connectivity index (χ4v) is 2.23. The number of aromatic nitrogens is 2. The van der Waals surface area contributed by atoms with Gasteiger partial charge in [0.05, 0.1) is 40.0 Å². The third-order valence-corrected chi connectivity index (χ3v) is 3.74. The highest BCUT2D eigenvalue weighted by molar-refractivity contribution is 6.32. The van der Waals surface area contributed by atoms with Crippen molar-refractivity contribution in [3.05, 3.63) is 47.0 Å². The maximum Gasteiger partial charge on any atom is 0.416 e. The summed E-state index contributed by atoms with van der Waals surface area (Å²) in [5, 5.41) is 3.15. The zero-order valence-electron chi connectivity index (χ0n) is 11.8. The van der Waals surface area contributed by atoms with E-state index in [0.29, 0.717) is 5.69 Å². The van der Waals surface area contributed by atoms with E-state index >= 15 is 0 Å². The summed E-state index contributed by atoms with van der Waals surface area (Å²) in [5.41, 5.74) is 0.0839. The van der Waals surface area contributed by atoms with Crippen LogP contribution in [0.15, 0.2) is 30.7 Å². The van der Waals surface area contributed by atoms with Crippen LogP contribution >= 0.6 is 11.6 Å². The molecule has 0 fully saturated rings. The van der Waals surface area contributed by atoms with Gasteiger partial charge < -0.3 is 5.32 Å². The Kier molecular flexibility index (Phi) is 4.04. The van der Waals surface area contributed by atoms with Crippen molar-refractivity contribution in [1.29, 1.82) is 0 Å². The van der Waals surface area contributed by atoms with Crippen LogP contribution in [0.5, 0.6) is 0 Å². The highest BCUT2D eigenvalue weighted by Gasteiger charge is 2.31. The van der Waals surface area contributed by atoms with Gasteiger partial charge in [-0.25, -0.2) is 4.98 Å². The molecule has 0 saturated carbocycles. The average molecular weight is 318 g/mol. The molecule has 0 atom stereocenters.